The molecule has 7 nitrogen and oxygen atoms in total. The first-order chi connectivity index (χ1) is 14.9. The number of hydrogen-bond acceptors (Lipinski definition) is 5. The zero-order valence-electron chi connectivity index (χ0n) is 17.2. The normalized spacial score (nSPS) is 15.5. The van der Waals surface area contributed by atoms with Crippen molar-refractivity contribution >= 4 is 32.4 Å². The first-order valence-corrected chi connectivity index (χ1v) is 11.6. The molecule has 0 aliphatic carbocycles. The Morgan fingerprint density at radius 2 is 1.68 bits per heavy atom. The van der Waals surface area contributed by atoms with E-state index in [1.807, 2.05) is 36.4 Å². The van der Waals surface area contributed by atoms with Crippen molar-refractivity contribution in [1.29, 1.82) is 0 Å². The molecular formula is C23H24N2O5S. The lowest BCUT2D eigenvalue weighted by molar-refractivity contribution is -0.142. The SMILES string of the molecule is C[C@H](Oc1ccc(S(=O)(=O)Nc2cccc3ccccc23)cc1)C(=O)N1CCOCC1. The van der Waals surface area contributed by atoms with Gasteiger partial charge in [-0.25, -0.2) is 8.42 Å². The molecule has 31 heavy (non-hydrogen) atoms. The van der Waals surface area contributed by atoms with Crippen molar-refractivity contribution in [2.45, 2.75) is 17.9 Å². The molecule has 1 heterocycles. The predicted molar refractivity (Wildman–Crippen MR) is 119 cm³/mol. The van der Waals surface area contributed by atoms with E-state index >= 15 is 0 Å². The molecule has 1 N–H and O–H groups in total. The van der Waals surface area contributed by atoms with Gasteiger partial charge >= 0.3 is 0 Å². The van der Waals surface area contributed by atoms with Gasteiger partial charge in [-0.15, -0.1) is 0 Å². The lowest BCUT2D eigenvalue weighted by atomic mass is 10.1. The van der Waals surface area contributed by atoms with Crippen molar-refractivity contribution in [1.82, 2.24) is 4.90 Å². The van der Waals surface area contributed by atoms with Gasteiger partial charge in [0.25, 0.3) is 15.9 Å². The zero-order valence-corrected chi connectivity index (χ0v) is 18.0. The number of fused-ring (bicyclic) bond motifs is 1. The molecule has 1 aliphatic heterocycles. The average molecular weight is 441 g/mol. The highest BCUT2D eigenvalue weighted by atomic mass is 32.2. The number of morpholine rings is 1. The quantitative estimate of drug-likeness (QED) is 0.636. The highest BCUT2D eigenvalue weighted by molar-refractivity contribution is 7.92. The van der Waals surface area contributed by atoms with Crippen LogP contribution in [0, 0.1) is 0 Å². The minimum Gasteiger partial charge on any atom is -0.481 e. The maximum Gasteiger partial charge on any atom is 0.263 e. The summed E-state index contributed by atoms with van der Waals surface area (Å²) in [6.45, 7) is 3.82. The van der Waals surface area contributed by atoms with E-state index in [1.165, 1.54) is 12.1 Å². The molecule has 1 fully saturated rings. The Morgan fingerprint density at radius 3 is 2.42 bits per heavy atom. The minimum atomic E-state index is -3.78. The third-order valence-electron chi connectivity index (χ3n) is 5.15. The summed E-state index contributed by atoms with van der Waals surface area (Å²) in [6.07, 6.45) is -0.672. The van der Waals surface area contributed by atoms with Crippen molar-refractivity contribution in [3.05, 3.63) is 66.7 Å². The number of hydrogen-bond donors (Lipinski definition) is 1. The Labute approximate surface area is 181 Å². The summed E-state index contributed by atoms with van der Waals surface area (Å²) in [4.78, 5) is 14.3. The van der Waals surface area contributed by atoms with E-state index < -0.39 is 16.1 Å². The molecule has 3 aromatic carbocycles. The summed E-state index contributed by atoms with van der Waals surface area (Å²) >= 11 is 0. The lowest BCUT2D eigenvalue weighted by Crippen LogP contribution is -2.46. The Bertz CT molecular complexity index is 1170. The summed E-state index contributed by atoms with van der Waals surface area (Å²) < 4.78 is 39.4. The van der Waals surface area contributed by atoms with Crippen LogP contribution in [0.5, 0.6) is 5.75 Å². The molecule has 0 radical (unpaired) electrons. The Kier molecular flexibility index (Phi) is 6.11. The molecule has 8 heteroatoms. The van der Waals surface area contributed by atoms with Crippen LogP contribution in [0.25, 0.3) is 10.8 Å². The van der Waals surface area contributed by atoms with E-state index in [0.29, 0.717) is 37.7 Å². The number of rotatable bonds is 6. The van der Waals surface area contributed by atoms with Gasteiger partial charge in [-0.1, -0.05) is 36.4 Å². The summed E-state index contributed by atoms with van der Waals surface area (Å²) in [5.41, 5.74) is 0.517. The van der Waals surface area contributed by atoms with Gasteiger partial charge in [0.2, 0.25) is 0 Å². The van der Waals surface area contributed by atoms with Crippen LogP contribution >= 0.6 is 0 Å². The minimum absolute atomic E-state index is 0.111. The highest BCUT2D eigenvalue weighted by Gasteiger charge is 2.24. The van der Waals surface area contributed by atoms with Gasteiger partial charge in [0.05, 0.1) is 23.8 Å². The van der Waals surface area contributed by atoms with Gasteiger partial charge in [0.1, 0.15) is 5.75 Å². The molecule has 0 spiro atoms. The third kappa shape index (κ3) is 4.81. The summed E-state index contributed by atoms with van der Waals surface area (Å²) in [5.74, 6) is 0.316. The molecule has 1 amide bonds. The molecule has 1 saturated heterocycles. The van der Waals surface area contributed by atoms with Crippen LogP contribution in [0.15, 0.2) is 71.6 Å². The molecular weight excluding hydrogens is 416 g/mol. The van der Waals surface area contributed by atoms with Crippen LogP contribution in [0.3, 0.4) is 0 Å². The van der Waals surface area contributed by atoms with Crippen LogP contribution < -0.4 is 9.46 Å². The van der Waals surface area contributed by atoms with E-state index in [4.69, 9.17) is 9.47 Å². The number of carbonyl (C=O) groups excluding carboxylic acids is 1. The van der Waals surface area contributed by atoms with E-state index in [0.717, 1.165) is 10.8 Å². The van der Waals surface area contributed by atoms with Gasteiger partial charge in [-0.05, 0) is 42.6 Å². The molecule has 0 saturated carbocycles. The van der Waals surface area contributed by atoms with Crippen molar-refractivity contribution < 1.29 is 22.7 Å². The topological polar surface area (TPSA) is 84.9 Å². The van der Waals surface area contributed by atoms with Crippen LogP contribution in [0.2, 0.25) is 0 Å². The van der Waals surface area contributed by atoms with E-state index in [9.17, 15) is 13.2 Å². The number of benzene rings is 3. The molecule has 0 aromatic heterocycles. The maximum absolute atomic E-state index is 12.9. The maximum atomic E-state index is 12.9. The summed E-state index contributed by atoms with van der Waals surface area (Å²) in [7, 11) is -3.78. The third-order valence-corrected chi connectivity index (χ3v) is 6.53. The number of carbonyl (C=O) groups is 1. The standard InChI is InChI=1S/C23H24N2O5S/c1-17(23(26)25-13-15-29-16-14-25)30-19-9-11-20(12-10-19)31(27,28)24-22-8-4-6-18-5-2-3-7-21(18)22/h2-12,17,24H,13-16H2,1H3/t17-/m0/s1. The first-order valence-electron chi connectivity index (χ1n) is 10.1. The number of nitrogens with zero attached hydrogens (tertiary/aromatic N) is 1. The second-order valence-electron chi connectivity index (χ2n) is 7.30. The molecule has 0 unspecified atom stereocenters. The van der Waals surface area contributed by atoms with Crippen molar-refractivity contribution in [2.24, 2.45) is 0 Å². The molecule has 0 bridgehead atoms. The number of amides is 1. The van der Waals surface area contributed by atoms with E-state index in [2.05, 4.69) is 4.72 Å². The number of anilines is 1. The summed E-state index contributed by atoms with van der Waals surface area (Å²) in [5, 5.41) is 1.77. The van der Waals surface area contributed by atoms with Crippen molar-refractivity contribution in [3.8, 4) is 5.75 Å². The predicted octanol–water partition coefficient (Wildman–Crippen LogP) is 3.27. The number of ether oxygens (including phenoxy) is 2. The van der Waals surface area contributed by atoms with Crippen molar-refractivity contribution in [3.63, 3.8) is 0 Å². The zero-order chi connectivity index (χ0) is 21.8. The number of nitrogens with one attached hydrogen (secondary N) is 1. The molecule has 162 valence electrons. The van der Waals surface area contributed by atoms with Crippen LogP contribution in [0.1, 0.15) is 6.92 Å². The van der Waals surface area contributed by atoms with E-state index in [1.54, 1.807) is 30.0 Å². The molecule has 4 rings (SSSR count). The fourth-order valence-electron chi connectivity index (χ4n) is 3.51. The average Bonchev–Trinajstić information content (AvgIpc) is 2.79. The fourth-order valence-corrected chi connectivity index (χ4v) is 4.59. The monoisotopic (exact) mass is 440 g/mol. The smallest absolute Gasteiger partial charge is 0.263 e. The Morgan fingerprint density at radius 1 is 1.00 bits per heavy atom. The number of sulfonamides is 1. The second kappa shape index (κ2) is 8.95. The highest BCUT2D eigenvalue weighted by Crippen LogP contribution is 2.26. The molecule has 3 aromatic rings. The van der Waals surface area contributed by atoms with Crippen LogP contribution in [-0.4, -0.2) is 51.6 Å². The van der Waals surface area contributed by atoms with Gasteiger partial charge in [-0.3, -0.25) is 9.52 Å². The van der Waals surface area contributed by atoms with Crippen LogP contribution in [0.4, 0.5) is 5.69 Å². The van der Waals surface area contributed by atoms with Crippen LogP contribution in [-0.2, 0) is 19.6 Å². The summed E-state index contributed by atoms with van der Waals surface area (Å²) in [6, 6.07) is 19.1. The lowest BCUT2D eigenvalue weighted by Gasteiger charge is -2.29. The second-order valence-corrected chi connectivity index (χ2v) is 8.98. The van der Waals surface area contributed by atoms with Crippen molar-refractivity contribution in [2.75, 3.05) is 31.0 Å². The van der Waals surface area contributed by atoms with E-state index in [-0.39, 0.29) is 10.8 Å². The largest absolute Gasteiger partial charge is 0.481 e. The van der Waals surface area contributed by atoms with Gasteiger partial charge in [-0.2, -0.15) is 0 Å². The fraction of sp³-hybridized carbons (Fsp3) is 0.261. The Balaban J connectivity index is 1.46. The van der Waals surface area contributed by atoms with Gasteiger partial charge in [0.15, 0.2) is 6.10 Å². The Hall–Kier alpha value is -3.10. The molecule has 1 atom stereocenters. The van der Waals surface area contributed by atoms with Gasteiger partial charge < -0.3 is 14.4 Å². The first kappa shape index (κ1) is 21.1. The van der Waals surface area contributed by atoms with Gasteiger partial charge in [0, 0.05) is 18.5 Å². The molecule has 1 aliphatic rings.